The van der Waals surface area contributed by atoms with Crippen molar-refractivity contribution in [2.75, 3.05) is 0 Å². The second-order valence-electron chi connectivity index (χ2n) is 4.62. The Bertz CT molecular complexity index is 754. The minimum absolute atomic E-state index is 0.144. The monoisotopic (exact) mass is 313 g/mol. The molecule has 1 heterocycles. The van der Waals surface area contributed by atoms with Gasteiger partial charge in [0, 0.05) is 22.7 Å². The maximum absolute atomic E-state index is 12.1. The second kappa shape index (κ2) is 6.36. The molecule has 0 radical (unpaired) electrons. The van der Waals surface area contributed by atoms with E-state index in [1.807, 2.05) is 12.1 Å². The Labute approximate surface area is 131 Å². The van der Waals surface area contributed by atoms with Gasteiger partial charge in [0.1, 0.15) is 0 Å². The first kappa shape index (κ1) is 14.2. The topological polar surface area (TPSA) is 83.6 Å². The molecule has 0 atom stereocenters. The third kappa shape index (κ3) is 3.29. The average Bonchev–Trinajstić information content (AvgIpc) is 3.09. The van der Waals surface area contributed by atoms with Crippen LogP contribution >= 0.6 is 11.6 Å². The lowest BCUT2D eigenvalue weighted by atomic mass is 10.1. The van der Waals surface area contributed by atoms with E-state index >= 15 is 0 Å². The van der Waals surface area contributed by atoms with Gasteiger partial charge >= 0.3 is 0 Å². The van der Waals surface area contributed by atoms with Gasteiger partial charge in [0.05, 0.1) is 0 Å². The highest BCUT2D eigenvalue weighted by molar-refractivity contribution is 6.30. The summed E-state index contributed by atoms with van der Waals surface area (Å²) in [5.41, 5.74) is 2.35. The van der Waals surface area contributed by atoms with Crippen molar-refractivity contribution < 1.29 is 4.79 Å². The van der Waals surface area contributed by atoms with Gasteiger partial charge in [-0.2, -0.15) is 5.21 Å². The summed E-state index contributed by atoms with van der Waals surface area (Å²) >= 11 is 5.82. The Balaban J connectivity index is 1.63. The van der Waals surface area contributed by atoms with Crippen molar-refractivity contribution in [3.05, 3.63) is 64.7 Å². The number of nitrogens with zero attached hydrogens (tertiary/aromatic N) is 3. The highest BCUT2D eigenvalue weighted by atomic mass is 35.5. The Kier molecular flexibility index (Phi) is 4.11. The smallest absolute Gasteiger partial charge is 0.251 e. The molecule has 1 amide bonds. The van der Waals surface area contributed by atoms with Crippen LogP contribution in [0.4, 0.5) is 0 Å². The first-order valence-corrected chi connectivity index (χ1v) is 6.97. The molecule has 6 nitrogen and oxygen atoms in total. The van der Waals surface area contributed by atoms with Gasteiger partial charge in [-0.1, -0.05) is 35.9 Å². The summed E-state index contributed by atoms with van der Waals surface area (Å²) < 4.78 is 0. The number of rotatable bonds is 4. The summed E-state index contributed by atoms with van der Waals surface area (Å²) in [6.07, 6.45) is 0. The minimum Gasteiger partial charge on any atom is -0.348 e. The maximum atomic E-state index is 12.1. The molecule has 7 heteroatoms. The molecule has 0 saturated carbocycles. The molecule has 2 N–H and O–H groups in total. The van der Waals surface area contributed by atoms with Crippen LogP contribution in [-0.2, 0) is 6.54 Å². The molecule has 1 aromatic heterocycles. The largest absolute Gasteiger partial charge is 0.348 e. The standard InChI is InChI=1S/C15H12ClN5O/c16-13-7-1-10(2-8-13)9-17-15(22)12-5-3-11(4-6-12)14-18-20-21-19-14/h1-8H,9H2,(H,17,22)(H,18,19,20,21). The molecule has 0 unspecified atom stereocenters. The lowest BCUT2D eigenvalue weighted by molar-refractivity contribution is 0.0951. The number of nitrogens with one attached hydrogen (secondary N) is 2. The van der Waals surface area contributed by atoms with E-state index in [1.165, 1.54) is 0 Å². The number of halogens is 1. The summed E-state index contributed by atoms with van der Waals surface area (Å²) in [5, 5.41) is 17.2. The molecule has 22 heavy (non-hydrogen) atoms. The molecular weight excluding hydrogens is 302 g/mol. The molecule has 0 aliphatic heterocycles. The SMILES string of the molecule is O=C(NCc1ccc(Cl)cc1)c1ccc(-c2nn[nH]n2)cc1. The fraction of sp³-hybridized carbons (Fsp3) is 0.0667. The molecule has 3 aromatic rings. The van der Waals surface area contributed by atoms with Crippen LogP contribution in [0.3, 0.4) is 0 Å². The Hall–Kier alpha value is -2.73. The van der Waals surface area contributed by atoms with Crippen molar-refractivity contribution in [1.82, 2.24) is 25.9 Å². The van der Waals surface area contributed by atoms with Gasteiger partial charge in [0.25, 0.3) is 5.91 Å². The van der Waals surface area contributed by atoms with Crippen LogP contribution in [-0.4, -0.2) is 26.5 Å². The van der Waals surface area contributed by atoms with E-state index in [-0.39, 0.29) is 5.91 Å². The van der Waals surface area contributed by atoms with E-state index in [0.717, 1.165) is 11.1 Å². The first-order chi connectivity index (χ1) is 10.7. The number of amides is 1. The summed E-state index contributed by atoms with van der Waals surface area (Å²) in [4.78, 5) is 12.1. The van der Waals surface area contributed by atoms with Crippen LogP contribution in [0.5, 0.6) is 0 Å². The predicted octanol–water partition coefficient (Wildman–Crippen LogP) is 2.45. The van der Waals surface area contributed by atoms with Crippen LogP contribution < -0.4 is 5.32 Å². The molecule has 3 rings (SSSR count). The number of aromatic nitrogens is 4. The lowest BCUT2D eigenvalue weighted by Crippen LogP contribution is -2.22. The van der Waals surface area contributed by atoms with Gasteiger partial charge in [0.15, 0.2) is 0 Å². The molecule has 0 bridgehead atoms. The second-order valence-corrected chi connectivity index (χ2v) is 5.06. The summed E-state index contributed by atoms with van der Waals surface area (Å²) in [7, 11) is 0. The van der Waals surface area contributed by atoms with E-state index < -0.39 is 0 Å². The number of carbonyl (C=O) groups excluding carboxylic acids is 1. The fourth-order valence-corrected chi connectivity index (χ4v) is 2.07. The molecule has 110 valence electrons. The van der Waals surface area contributed by atoms with Crippen molar-refractivity contribution in [2.24, 2.45) is 0 Å². The van der Waals surface area contributed by atoms with Crippen molar-refractivity contribution in [3.8, 4) is 11.4 Å². The highest BCUT2D eigenvalue weighted by Crippen LogP contribution is 2.14. The average molecular weight is 314 g/mol. The number of tetrazole rings is 1. The van der Waals surface area contributed by atoms with Crippen LogP contribution in [0, 0.1) is 0 Å². The molecular formula is C15H12ClN5O. The summed E-state index contributed by atoms with van der Waals surface area (Å²) in [6, 6.07) is 14.4. The predicted molar refractivity (Wildman–Crippen MR) is 82.2 cm³/mol. The van der Waals surface area contributed by atoms with Crippen LogP contribution in [0.25, 0.3) is 11.4 Å². The number of hydrogen-bond acceptors (Lipinski definition) is 4. The van der Waals surface area contributed by atoms with Gasteiger partial charge in [-0.05, 0) is 35.0 Å². The number of carbonyl (C=O) groups is 1. The Morgan fingerprint density at radius 2 is 1.82 bits per heavy atom. The van der Waals surface area contributed by atoms with E-state index in [1.54, 1.807) is 36.4 Å². The van der Waals surface area contributed by atoms with Crippen molar-refractivity contribution >= 4 is 17.5 Å². The molecule has 0 aliphatic rings. The molecule has 0 spiro atoms. The van der Waals surface area contributed by atoms with E-state index in [0.29, 0.717) is 23.0 Å². The van der Waals surface area contributed by atoms with Crippen LogP contribution in [0.2, 0.25) is 5.02 Å². The fourth-order valence-electron chi connectivity index (χ4n) is 1.94. The lowest BCUT2D eigenvalue weighted by Gasteiger charge is -2.06. The van der Waals surface area contributed by atoms with Gasteiger partial charge in [-0.15, -0.1) is 10.2 Å². The third-order valence-electron chi connectivity index (χ3n) is 3.12. The van der Waals surface area contributed by atoms with Crippen molar-refractivity contribution in [3.63, 3.8) is 0 Å². The van der Waals surface area contributed by atoms with Gasteiger partial charge in [-0.25, -0.2) is 0 Å². The normalized spacial score (nSPS) is 10.4. The molecule has 0 fully saturated rings. The first-order valence-electron chi connectivity index (χ1n) is 6.59. The van der Waals surface area contributed by atoms with Crippen molar-refractivity contribution in [1.29, 1.82) is 0 Å². The zero-order chi connectivity index (χ0) is 15.4. The van der Waals surface area contributed by atoms with Crippen LogP contribution in [0.15, 0.2) is 48.5 Å². The quantitative estimate of drug-likeness (QED) is 0.775. The zero-order valence-electron chi connectivity index (χ0n) is 11.5. The zero-order valence-corrected chi connectivity index (χ0v) is 12.2. The Morgan fingerprint density at radius 1 is 1.09 bits per heavy atom. The maximum Gasteiger partial charge on any atom is 0.251 e. The third-order valence-corrected chi connectivity index (χ3v) is 3.37. The highest BCUT2D eigenvalue weighted by Gasteiger charge is 2.07. The minimum atomic E-state index is -0.144. The number of benzene rings is 2. The molecule has 0 saturated heterocycles. The Morgan fingerprint density at radius 3 is 2.45 bits per heavy atom. The van der Waals surface area contributed by atoms with E-state index in [4.69, 9.17) is 11.6 Å². The van der Waals surface area contributed by atoms with Gasteiger partial charge in [0.2, 0.25) is 5.82 Å². The summed E-state index contributed by atoms with van der Waals surface area (Å²) in [5.74, 6) is 0.350. The van der Waals surface area contributed by atoms with E-state index in [9.17, 15) is 4.79 Å². The number of hydrogen-bond donors (Lipinski definition) is 2. The van der Waals surface area contributed by atoms with Crippen LogP contribution in [0.1, 0.15) is 15.9 Å². The van der Waals surface area contributed by atoms with Crippen molar-refractivity contribution in [2.45, 2.75) is 6.54 Å². The number of aromatic amines is 1. The van der Waals surface area contributed by atoms with E-state index in [2.05, 4.69) is 25.9 Å². The molecule has 2 aromatic carbocycles. The molecule has 0 aliphatic carbocycles. The summed E-state index contributed by atoms with van der Waals surface area (Å²) in [6.45, 7) is 0.447. The van der Waals surface area contributed by atoms with Gasteiger partial charge in [-0.3, -0.25) is 4.79 Å². The number of H-pyrrole nitrogens is 1. The van der Waals surface area contributed by atoms with Gasteiger partial charge < -0.3 is 5.32 Å².